The summed E-state index contributed by atoms with van der Waals surface area (Å²) in [6.45, 7) is 1.38. The summed E-state index contributed by atoms with van der Waals surface area (Å²) in [4.78, 5) is 12.2. The molecule has 0 saturated carbocycles. The molecule has 1 heterocycles. The highest BCUT2D eigenvalue weighted by molar-refractivity contribution is 5.60. The minimum Gasteiger partial charge on any atom is -0.388 e. The number of benzene rings is 1. The average molecular weight is 291 g/mol. The second kappa shape index (κ2) is 6.08. The first-order valence-corrected chi connectivity index (χ1v) is 6.65. The maximum absolute atomic E-state index is 11.0. The lowest BCUT2D eigenvalue weighted by Gasteiger charge is -2.36. The number of hydrogen-bond acceptors (Lipinski definition) is 6. The smallest absolute Gasteiger partial charge is 0.289 e. The van der Waals surface area contributed by atoms with Gasteiger partial charge in [0.15, 0.2) is 0 Å². The zero-order valence-electron chi connectivity index (χ0n) is 11.8. The van der Waals surface area contributed by atoms with Gasteiger partial charge < -0.3 is 14.7 Å². The molecule has 1 N–H and O–H groups in total. The highest BCUT2D eigenvalue weighted by Gasteiger charge is 2.31. The van der Waals surface area contributed by atoms with E-state index in [0.717, 1.165) is 0 Å². The molecular weight excluding hydrogens is 274 g/mol. The van der Waals surface area contributed by atoms with Crippen molar-refractivity contribution in [2.45, 2.75) is 18.4 Å². The third kappa shape index (κ3) is 3.48. The molecule has 0 radical (unpaired) electrons. The molecule has 1 saturated heterocycles. The molecule has 7 heteroatoms. The van der Waals surface area contributed by atoms with Gasteiger partial charge in [-0.3, -0.25) is 10.1 Å². The summed E-state index contributed by atoms with van der Waals surface area (Å²) in [5.41, 5.74) is -0.446. The van der Waals surface area contributed by atoms with Gasteiger partial charge in [-0.1, -0.05) is 0 Å². The van der Waals surface area contributed by atoms with Crippen LogP contribution in [0.3, 0.4) is 0 Å². The minimum atomic E-state index is -0.852. The molecule has 112 valence electrons. The average Bonchev–Trinajstić information content (AvgIpc) is 2.46. The van der Waals surface area contributed by atoms with Crippen LogP contribution in [0.25, 0.3) is 0 Å². The molecule has 0 spiro atoms. The fourth-order valence-electron chi connectivity index (χ4n) is 2.45. The Kier molecular flexibility index (Phi) is 4.40. The Balaban J connectivity index is 2.19. The number of likely N-dealkylation sites (N-methyl/N-ethyl adjacent to an activating group) is 1. The zero-order chi connectivity index (χ0) is 15.5. The molecule has 0 aliphatic carbocycles. The first kappa shape index (κ1) is 15.2. The Hall–Kier alpha value is -2.17. The van der Waals surface area contributed by atoms with Crippen LogP contribution in [0, 0.1) is 21.4 Å². The highest BCUT2D eigenvalue weighted by Crippen LogP contribution is 2.28. The number of anilines is 1. The Morgan fingerprint density at radius 1 is 1.52 bits per heavy atom. The quantitative estimate of drug-likeness (QED) is 0.665. The first-order chi connectivity index (χ1) is 9.95. The number of aliphatic hydroxyl groups is 1. The lowest BCUT2D eigenvalue weighted by atomic mass is 9.93. The normalized spacial score (nSPS) is 17.0. The monoisotopic (exact) mass is 291 g/mol. The number of nitriles is 1. The second-order valence-electron chi connectivity index (χ2n) is 5.26. The second-order valence-corrected chi connectivity index (χ2v) is 5.26. The first-order valence-electron chi connectivity index (χ1n) is 6.65. The van der Waals surface area contributed by atoms with Crippen LogP contribution in [0.15, 0.2) is 18.2 Å². The predicted molar refractivity (Wildman–Crippen MR) is 76.1 cm³/mol. The molecule has 0 amide bonds. The summed E-state index contributed by atoms with van der Waals surface area (Å²) in [5, 5.41) is 30.3. The van der Waals surface area contributed by atoms with Gasteiger partial charge in [0.2, 0.25) is 0 Å². The van der Waals surface area contributed by atoms with Crippen molar-refractivity contribution in [3.8, 4) is 6.07 Å². The molecule has 7 nitrogen and oxygen atoms in total. The zero-order valence-corrected chi connectivity index (χ0v) is 11.8. The molecule has 1 fully saturated rings. The van der Waals surface area contributed by atoms with Crippen molar-refractivity contribution in [3.63, 3.8) is 0 Å². The third-order valence-electron chi connectivity index (χ3n) is 3.69. The lowest BCUT2D eigenvalue weighted by Crippen LogP contribution is -2.45. The van der Waals surface area contributed by atoms with Crippen molar-refractivity contribution >= 4 is 11.4 Å². The van der Waals surface area contributed by atoms with Gasteiger partial charge in [-0.2, -0.15) is 5.26 Å². The Morgan fingerprint density at radius 2 is 2.19 bits per heavy atom. The van der Waals surface area contributed by atoms with Crippen LogP contribution in [0.1, 0.15) is 18.4 Å². The summed E-state index contributed by atoms with van der Waals surface area (Å²) in [6.07, 6.45) is 1.07. The number of hydrogen-bond donors (Lipinski definition) is 1. The number of ether oxygens (including phenoxy) is 1. The van der Waals surface area contributed by atoms with E-state index in [4.69, 9.17) is 10.00 Å². The van der Waals surface area contributed by atoms with Crippen molar-refractivity contribution in [2.75, 3.05) is 31.7 Å². The molecule has 2 rings (SSSR count). The molecule has 1 aromatic rings. The van der Waals surface area contributed by atoms with Crippen LogP contribution < -0.4 is 4.90 Å². The molecule has 0 aromatic heterocycles. The number of nitro groups is 1. The summed E-state index contributed by atoms with van der Waals surface area (Å²) >= 11 is 0. The fourth-order valence-corrected chi connectivity index (χ4v) is 2.45. The van der Waals surface area contributed by atoms with Crippen LogP contribution in [0.5, 0.6) is 0 Å². The predicted octanol–water partition coefficient (Wildman–Crippen LogP) is 1.44. The summed E-state index contributed by atoms with van der Waals surface area (Å²) in [7, 11) is 1.76. The molecule has 1 aliphatic heterocycles. The molecule has 1 aliphatic rings. The van der Waals surface area contributed by atoms with Gasteiger partial charge in [0.05, 0.1) is 10.5 Å². The molecule has 0 atom stereocenters. The van der Waals surface area contributed by atoms with E-state index in [9.17, 15) is 15.2 Å². The number of nitrogens with zero attached hydrogens (tertiary/aromatic N) is 3. The van der Waals surface area contributed by atoms with Crippen molar-refractivity contribution in [1.29, 1.82) is 5.26 Å². The van der Waals surface area contributed by atoms with E-state index in [1.54, 1.807) is 24.1 Å². The summed E-state index contributed by atoms with van der Waals surface area (Å²) in [5.74, 6) is 0. The van der Waals surface area contributed by atoms with Crippen molar-refractivity contribution in [1.82, 2.24) is 0 Å². The molecule has 21 heavy (non-hydrogen) atoms. The van der Waals surface area contributed by atoms with Crippen LogP contribution in [0.2, 0.25) is 0 Å². The van der Waals surface area contributed by atoms with E-state index in [0.29, 0.717) is 38.3 Å². The molecule has 1 aromatic carbocycles. The van der Waals surface area contributed by atoms with Crippen LogP contribution >= 0.6 is 0 Å². The van der Waals surface area contributed by atoms with Crippen molar-refractivity contribution in [3.05, 3.63) is 33.9 Å². The standard InChI is InChI=1S/C14H17N3O4/c1-16(10-14(18)4-6-21-7-5-14)12-3-2-11(9-15)13(8-12)17(19)20/h2-3,8,18H,4-7,10H2,1H3. The molecule has 0 unspecified atom stereocenters. The van der Waals surface area contributed by atoms with Gasteiger partial charge in [-0.05, 0) is 12.1 Å². The van der Waals surface area contributed by atoms with Gasteiger partial charge >= 0.3 is 0 Å². The highest BCUT2D eigenvalue weighted by atomic mass is 16.6. The van der Waals surface area contributed by atoms with Gasteiger partial charge in [-0.15, -0.1) is 0 Å². The summed E-state index contributed by atoms with van der Waals surface area (Å²) in [6, 6.07) is 6.24. The SMILES string of the molecule is CN(CC1(O)CCOCC1)c1ccc(C#N)c([N+](=O)[O-])c1. The Bertz CT molecular complexity index is 576. The van der Waals surface area contributed by atoms with Gasteiger partial charge in [0.1, 0.15) is 11.6 Å². The van der Waals surface area contributed by atoms with Crippen LogP contribution in [0.4, 0.5) is 11.4 Å². The fraction of sp³-hybridized carbons (Fsp3) is 0.500. The van der Waals surface area contributed by atoms with Crippen LogP contribution in [-0.4, -0.2) is 42.4 Å². The van der Waals surface area contributed by atoms with E-state index in [2.05, 4.69) is 0 Å². The number of rotatable bonds is 4. The molecular formula is C14H17N3O4. The maximum Gasteiger partial charge on any atom is 0.289 e. The van der Waals surface area contributed by atoms with Gasteiger partial charge in [0, 0.05) is 51.4 Å². The van der Waals surface area contributed by atoms with E-state index in [1.165, 1.54) is 12.1 Å². The Morgan fingerprint density at radius 3 is 2.76 bits per heavy atom. The van der Waals surface area contributed by atoms with E-state index < -0.39 is 10.5 Å². The molecule has 0 bridgehead atoms. The Labute approximate surface area is 122 Å². The van der Waals surface area contributed by atoms with Crippen molar-refractivity contribution < 1.29 is 14.8 Å². The van der Waals surface area contributed by atoms with E-state index >= 15 is 0 Å². The van der Waals surface area contributed by atoms with E-state index in [-0.39, 0.29) is 11.3 Å². The largest absolute Gasteiger partial charge is 0.388 e. The topological polar surface area (TPSA) is 99.6 Å². The lowest BCUT2D eigenvalue weighted by molar-refractivity contribution is -0.385. The third-order valence-corrected chi connectivity index (χ3v) is 3.69. The minimum absolute atomic E-state index is 0.0296. The van der Waals surface area contributed by atoms with Gasteiger partial charge in [0.25, 0.3) is 5.69 Å². The van der Waals surface area contributed by atoms with E-state index in [1.807, 2.05) is 0 Å². The summed E-state index contributed by atoms with van der Waals surface area (Å²) < 4.78 is 5.23. The number of nitro benzene ring substituents is 1. The van der Waals surface area contributed by atoms with Crippen LogP contribution in [-0.2, 0) is 4.74 Å². The maximum atomic E-state index is 11.0. The van der Waals surface area contributed by atoms with Gasteiger partial charge in [-0.25, -0.2) is 0 Å². The van der Waals surface area contributed by atoms with Crippen molar-refractivity contribution in [2.24, 2.45) is 0 Å².